The van der Waals surface area contributed by atoms with Crippen molar-refractivity contribution in [2.75, 3.05) is 14.2 Å². The normalized spacial score (nSPS) is 13.2. The van der Waals surface area contributed by atoms with Crippen LogP contribution in [0.5, 0.6) is 23.0 Å². The van der Waals surface area contributed by atoms with E-state index < -0.39 is 12.0 Å². The van der Waals surface area contributed by atoms with Crippen molar-refractivity contribution in [2.45, 2.75) is 44.6 Å². The number of aliphatic hydroxyl groups excluding tert-OH is 1. The first-order chi connectivity index (χ1) is 24.3. The van der Waals surface area contributed by atoms with Crippen LogP contribution in [0.25, 0.3) is 10.8 Å². The zero-order valence-electron chi connectivity index (χ0n) is 28.4. The van der Waals surface area contributed by atoms with Gasteiger partial charge in [0, 0.05) is 49.1 Å². The molecule has 0 bridgehead atoms. The van der Waals surface area contributed by atoms with Crippen LogP contribution in [0.3, 0.4) is 0 Å². The topological polar surface area (TPSA) is 128 Å². The maximum Gasteiger partial charge on any atom is 0.164 e. The summed E-state index contributed by atoms with van der Waals surface area (Å²) in [7, 11) is 3.06. The summed E-state index contributed by atoms with van der Waals surface area (Å²) < 4.78 is 11.1. The molecule has 50 heavy (non-hydrogen) atoms. The molecule has 4 aromatic carbocycles. The molecule has 6 aromatic rings. The van der Waals surface area contributed by atoms with Gasteiger partial charge < -0.3 is 34.8 Å². The molecule has 0 aliphatic heterocycles. The minimum Gasteiger partial charge on any atom is -0.504 e. The van der Waals surface area contributed by atoms with Gasteiger partial charge in [-0.25, -0.2) is 0 Å². The molecule has 0 saturated carbocycles. The molecule has 0 aliphatic carbocycles. The van der Waals surface area contributed by atoms with Gasteiger partial charge in [-0.15, -0.1) is 0 Å². The number of aromatic nitrogens is 2. The van der Waals surface area contributed by atoms with Crippen molar-refractivity contribution in [3.63, 3.8) is 0 Å². The lowest BCUT2D eigenvalue weighted by Crippen LogP contribution is -2.31. The van der Waals surface area contributed by atoms with Crippen LogP contribution in [0, 0.1) is 11.8 Å². The van der Waals surface area contributed by atoms with Crippen LogP contribution >= 0.6 is 0 Å². The number of methoxy groups -OCH3 is 2. The van der Waals surface area contributed by atoms with Crippen molar-refractivity contribution in [2.24, 2.45) is 11.8 Å². The number of aromatic amines is 2. The van der Waals surface area contributed by atoms with Gasteiger partial charge in [0.1, 0.15) is 5.78 Å². The van der Waals surface area contributed by atoms with Crippen molar-refractivity contribution in [1.82, 2.24) is 9.97 Å². The number of carbonyl (C=O) groups excluding carboxylic acids is 1. The van der Waals surface area contributed by atoms with Crippen LogP contribution in [0.4, 0.5) is 0 Å². The number of nitrogens with one attached hydrogen (secondary N) is 2. The summed E-state index contributed by atoms with van der Waals surface area (Å²) in [6.07, 6.45) is 9.02. The lowest BCUT2D eigenvalue weighted by Gasteiger charge is -2.26. The van der Waals surface area contributed by atoms with Crippen LogP contribution in [0.15, 0.2) is 110 Å². The number of ether oxygens (including phenoxy) is 2. The van der Waals surface area contributed by atoms with E-state index in [2.05, 4.69) is 34.2 Å². The van der Waals surface area contributed by atoms with E-state index in [0.717, 1.165) is 44.2 Å². The fourth-order valence-corrected chi connectivity index (χ4v) is 7.06. The number of phenolic OH excluding ortho intramolecular Hbond substituents is 2. The van der Waals surface area contributed by atoms with Crippen molar-refractivity contribution in [3.05, 3.63) is 143 Å². The molecule has 8 heteroatoms. The maximum absolute atomic E-state index is 14.1. The second-order valence-corrected chi connectivity index (χ2v) is 13.0. The number of ketones is 1. The Kier molecular flexibility index (Phi) is 10.9. The molecule has 5 N–H and O–H groups in total. The Morgan fingerprint density at radius 2 is 1.42 bits per heavy atom. The third-order valence-electron chi connectivity index (χ3n) is 9.71. The Hall–Kier alpha value is -5.47. The Bertz CT molecular complexity index is 2010. The molecular weight excluding hydrogens is 628 g/mol. The average molecular weight is 673 g/mol. The van der Waals surface area contributed by atoms with Crippen LogP contribution < -0.4 is 9.47 Å². The zero-order valence-corrected chi connectivity index (χ0v) is 28.4. The number of rotatable bonds is 16. The second-order valence-electron chi connectivity index (χ2n) is 13.0. The van der Waals surface area contributed by atoms with Gasteiger partial charge in [0.15, 0.2) is 23.0 Å². The lowest BCUT2D eigenvalue weighted by molar-refractivity contribution is -0.125. The first kappa shape index (κ1) is 34.4. The zero-order chi connectivity index (χ0) is 35.0. The van der Waals surface area contributed by atoms with E-state index in [-0.39, 0.29) is 29.6 Å². The molecule has 0 saturated heterocycles. The molecule has 0 amide bonds. The number of hydrogen-bond acceptors (Lipinski definition) is 6. The van der Waals surface area contributed by atoms with Gasteiger partial charge in [0.2, 0.25) is 0 Å². The van der Waals surface area contributed by atoms with Crippen LogP contribution in [-0.2, 0) is 36.9 Å². The fraction of sp³-hybridized carbons (Fsp3) is 0.262. The smallest absolute Gasteiger partial charge is 0.164 e. The summed E-state index contributed by atoms with van der Waals surface area (Å²) in [6, 6.07) is 27.1. The Morgan fingerprint density at radius 3 is 2.14 bits per heavy atom. The Morgan fingerprint density at radius 1 is 0.720 bits per heavy atom. The van der Waals surface area contributed by atoms with E-state index in [1.54, 1.807) is 31.4 Å². The van der Waals surface area contributed by atoms with Gasteiger partial charge in [-0.05, 0) is 101 Å². The third kappa shape index (κ3) is 8.04. The van der Waals surface area contributed by atoms with Gasteiger partial charge in [0.05, 0.1) is 20.3 Å². The quantitative estimate of drug-likeness (QED) is 0.0733. The number of phenols is 2. The van der Waals surface area contributed by atoms with Crippen LogP contribution in [0.2, 0.25) is 0 Å². The first-order valence-corrected chi connectivity index (χ1v) is 17.0. The summed E-state index contributed by atoms with van der Waals surface area (Å²) in [6.45, 7) is 0. The third-order valence-corrected chi connectivity index (χ3v) is 9.71. The van der Waals surface area contributed by atoms with Gasteiger partial charge >= 0.3 is 0 Å². The molecule has 3 atom stereocenters. The monoisotopic (exact) mass is 672 g/mol. The SMILES string of the molecule is COc1cc(C[C@@H](Cc2cc[nH]c2)C(=O)C[C@@H](O)[C@H](Cc2cc[nH]c2)Cc2ccc(O)c(OC)c2Cc2cccc3ccccc23)ccc1O. The summed E-state index contributed by atoms with van der Waals surface area (Å²) in [5.41, 5.74) is 5.79. The predicted molar refractivity (Wildman–Crippen MR) is 195 cm³/mol. The standard InChI is InChI=1S/C42H44N2O6/c1-49-41-21-27(10-12-37(41)45)18-33(19-28-14-16-43-25-28)39(47)24-40(48)34(20-29-15-17-44-26-29)22-32-11-13-38(46)42(50-2)36(32)23-31-8-5-7-30-6-3-4-9-35(30)31/h3-17,21,25-26,33-34,40,43-46,48H,18-20,22-24H2,1-2H3/t33-,34+,40+/m0/s1. The van der Waals surface area contributed by atoms with Gasteiger partial charge in [-0.3, -0.25) is 4.79 Å². The summed E-state index contributed by atoms with van der Waals surface area (Å²) >= 11 is 0. The van der Waals surface area contributed by atoms with E-state index in [0.29, 0.717) is 43.6 Å². The number of aliphatic hydroxyl groups is 1. The summed E-state index contributed by atoms with van der Waals surface area (Å²) in [4.78, 5) is 20.3. The van der Waals surface area contributed by atoms with E-state index in [1.807, 2.05) is 61.2 Å². The lowest BCUT2D eigenvalue weighted by atomic mass is 9.81. The number of carbonyl (C=O) groups is 1. The number of Topliss-reactive ketones (excluding diaryl/α,β-unsaturated/α-hetero) is 1. The number of aromatic hydroxyl groups is 2. The van der Waals surface area contributed by atoms with Crippen LogP contribution in [0.1, 0.15) is 39.8 Å². The largest absolute Gasteiger partial charge is 0.504 e. The molecule has 0 aliphatic rings. The Labute approximate surface area is 292 Å². The first-order valence-electron chi connectivity index (χ1n) is 17.0. The average Bonchev–Trinajstić information content (AvgIpc) is 3.84. The highest BCUT2D eigenvalue weighted by Gasteiger charge is 2.29. The van der Waals surface area contributed by atoms with Gasteiger partial charge in [-0.2, -0.15) is 0 Å². The predicted octanol–water partition coefficient (Wildman–Crippen LogP) is 7.34. The van der Waals surface area contributed by atoms with E-state index >= 15 is 0 Å². The molecule has 0 spiro atoms. The number of H-pyrrole nitrogens is 2. The van der Waals surface area contributed by atoms with E-state index in [9.17, 15) is 20.1 Å². The van der Waals surface area contributed by atoms with Crippen molar-refractivity contribution >= 4 is 16.6 Å². The molecule has 258 valence electrons. The van der Waals surface area contributed by atoms with E-state index in [1.165, 1.54) is 7.11 Å². The molecule has 2 aromatic heterocycles. The summed E-state index contributed by atoms with van der Waals surface area (Å²) in [5, 5.41) is 35.2. The Balaban J connectivity index is 1.29. The van der Waals surface area contributed by atoms with Gasteiger partial charge in [0.25, 0.3) is 0 Å². The molecule has 2 heterocycles. The fourth-order valence-electron chi connectivity index (χ4n) is 7.06. The highest BCUT2D eigenvalue weighted by atomic mass is 16.5. The number of hydrogen-bond donors (Lipinski definition) is 5. The molecule has 6 rings (SSSR count). The van der Waals surface area contributed by atoms with Gasteiger partial charge in [-0.1, -0.05) is 54.6 Å². The molecule has 0 unspecified atom stereocenters. The van der Waals surface area contributed by atoms with E-state index in [4.69, 9.17) is 9.47 Å². The number of fused-ring (bicyclic) bond motifs is 1. The molecular formula is C42H44N2O6. The van der Waals surface area contributed by atoms with Crippen molar-refractivity contribution < 1.29 is 29.6 Å². The number of benzene rings is 4. The minimum atomic E-state index is -0.939. The highest BCUT2D eigenvalue weighted by molar-refractivity contribution is 5.86. The van der Waals surface area contributed by atoms with Crippen LogP contribution in [-0.4, -0.2) is 51.4 Å². The second kappa shape index (κ2) is 15.8. The highest BCUT2D eigenvalue weighted by Crippen LogP contribution is 2.37. The molecule has 0 fully saturated rings. The minimum absolute atomic E-state index is 0.0206. The summed E-state index contributed by atoms with van der Waals surface area (Å²) in [5.74, 6) is 0.114. The molecule has 8 nitrogen and oxygen atoms in total. The maximum atomic E-state index is 14.1. The van der Waals surface area contributed by atoms with Crippen molar-refractivity contribution in [3.8, 4) is 23.0 Å². The molecule has 0 radical (unpaired) electrons. The van der Waals surface area contributed by atoms with Crippen molar-refractivity contribution in [1.29, 1.82) is 0 Å².